The highest BCUT2D eigenvalue weighted by Crippen LogP contribution is 2.24. The van der Waals surface area contributed by atoms with Crippen molar-refractivity contribution < 1.29 is 0 Å². The standard InChI is InChI=1S/C14H16ClN3/c1-9(2)10-3-5-12(6-4-10)18-14-13(16)7-11(15)8-17-14/h3-9H,16H2,1-2H3,(H,17,18). The van der Waals surface area contributed by atoms with Crippen LogP contribution in [0.4, 0.5) is 17.2 Å². The van der Waals surface area contributed by atoms with Gasteiger partial charge in [-0.05, 0) is 29.7 Å². The third kappa shape index (κ3) is 2.93. The van der Waals surface area contributed by atoms with E-state index < -0.39 is 0 Å². The molecule has 1 aromatic heterocycles. The van der Waals surface area contributed by atoms with Gasteiger partial charge >= 0.3 is 0 Å². The summed E-state index contributed by atoms with van der Waals surface area (Å²) in [5.74, 6) is 1.15. The SMILES string of the molecule is CC(C)c1ccc(Nc2ncc(Cl)cc2N)cc1. The van der Waals surface area contributed by atoms with Crippen molar-refractivity contribution in [3.05, 3.63) is 47.1 Å². The first-order valence-electron chi connectivity index (χ1n) is 5.84. The number of halogens is 1. The molecule has 1 heterocycles. The van der Waals surface area contributed by atoms with Crippen LogP contribution in [0.3, 0.4) is 0 Å². The monoisotopic (exact) mass is 261 g/mol. The molecular formula is C14H16ClN3. The number of nitrogens with zero attached hydrogens (tertiary/aromatic N) is 1. The summed E-state index contributed by atoms with van der Waals surface area (Å²) in [4.78, 5) is 4.16. The Kier molecular flexibility index (Phi) is 3.72. The number of hydrogen-bond acceptors (Lipinski definition) is 3. The smallest absolute Gasteiger partial charge is 0.153 e. The maximum atomic E-state index is 5.84. The zero-order valence-corrected chi connectivity index (χ0v) is 11.2. The molecule has 0 saturated heterocycles. The van der Waals surface area contributed by atoms with Crippen LogP contribution < -0.4 is 11.1 Å². The Hall–Kier alpha value is -1.74. The van der Waals surface area contributed by atoms with E-state index in [0.29, 0.717) is 22.4 Å². The van der Waals surface area contributed by atoms with Crippen LogP contribution in [0.25, 0.3) is 0 Å². The van der Waals surface area contributed by atoms with Gasteiger partial charge in [0.1, 0.15) is 0 Å². The van der Waals surface area contributed by atoms with E-state index in [1.165, 1.54) is 5.56 Å². The lowest BCUT2D eigenvalue weighted by molar-refractivity contribution is 0.867. The van der Waals surface area contributed by atoms with Gasteiger partial charge in [0.15, 0.2) is 5.82 Å². The van der Waals surface area contributed by atoms with Crippen molar-refractivity contribution in [2.75, 3.05) is 11.1 Å². The Morgan fingerprint density at radius 1 is 1.22 bits per heavy atom. The van der Waals surface area contributed by atoms with E-state index in [2.05, 4.69) is 36.3 Å². The molecule has 0 aliphatic carbocycles. The molecule has 0 aliphatic rings. The molecule has 0 saturated carbocycles. The molecule has 0 amide bonds. The molecule has 1 aromatic carbocycles. The maximum Gasteiger partial charge on any atom is 0.153 e. The van der Waals surface area contributed by atoms with Crippen molar-refractivity contribution in [3.63, 3.8) is 0 Å². The Morgan fingerprint density at radius 2 is 1.89 bits per heavy atom. The van der Waals surface area contributed by atoms with E-state index in [1.54, 1.807) is 12.3 Å². The van der Waals surface area contributed by atoms with Crippen LogP contribution in [0, 0.1) is 0 Å². The van der Waals surface area contributed by atoms with Crippen molar-refractivity contribution in [2.45, 2.75) is 19.8 Å². The number of nitrogen functional groups attached to an aromatic ring is 1. The van der Waals surface area contributed by atoms with Crippen molar-refractivity contribution in [2.24, 2.45) is 0 Å². The van der Waals surface area contributed by atoms with Gasteiger partial charge in [0.25, 0.3) is 0 Å². The third-order valence-electron chi connectivity index (χ3n) is 2.72. The molecule has 3 N–H and O–H groups in total. The summed E-state index contributed by atoms with van der Waals surface area (Å²) in [5.41, 5.74) is 8.64. The highest BCUT2D eigenvalue weighted by molar-refractivity contribution is 6.30. The third-order valence-corrected chi connectivity index (χ3v) is 2.93. The molecule has 0 spiro atoms. The number of hydrogen-bond donors (Lipinski definition) is 2. The van der Waals surface area contributed by atoms with Gasteiger partial charge < -0.3 is 11.1 Å². The van der Waals surface area contributed by atoms with Crippen molar-refractivity contribution in [1.29, 1.82) is 0 Å². The molecular weight excluding hydrogens is 246 g/mol. The van der Waals surface area contributed by atoms with Gasteiger partial charge in [-0.3, -0.25) is 0 Å². The minimum Gasteiger partial charge on any atom is -0.396 e. The van der Waals surface area contributed by atoms with Gasteiger partial charge in [-0.15, -0.1) is 0 Å². The number of pyridine rings is 1. The molecule has 0 aliphatic heterocycles. The summed E-state index contributed by atoms with van der Waals surface area (Å²) in [6, 6.07) is 9.91. The highest BCUT2D eigenvalue weighted by atomic mass is 35.5. The van der Waals surface area contributed by atoms with Crippen LogP contribution >= 0.6 is 11.6 Å². The van der Waals surface area contributed by atoms with Crippen molar-refractivity contribution >= 4 is 28.8 Å². The van der Waals surface area contributed by atoms with Gasteiger partial charge in [-0.25, -0.2) is 4.98 Å². The van der Waals surface area contributed by atoms with Gasteiger partial charge in [0, 0.05) is 11.9 Å². The molecule has 2 aromatic rings. The average molecular weight is 262 g/mol. The fraction of sp³-hybridized carbons (Fsp3) is 0.214. The predicted molar refractivity (Wildman–Crippen MR) is 77.5 cm³/mol. The zero-order chi connectivity index (χ0) is 13.1. The van der Waals surface area contributed by atoms with Crippen LogP contribution in [0.5, 0.6) is 0 Å². The molecule has 0 radical (unpaired) electrons. The number of nitrogens with one attached hydrogen (secondary N) is 1. The normalized spacial score (nSPS) is 10.7. The molecule has 18 heavy (non-hydrogen) atoms. The topological polar surface area (TPSA) is 50.9 Å². The van der Waals surface area contributed by atoms with Crippen LogP contribution in [0.15, 0.2) is 36.5 Å². The predicted octanol–water partition coefficient (Wildman–Crippen LogP) is 4.18. The Labute approximate surface area is 112 Å². The van der Waals surface area contributed by atoms with Crippen molar-refractivity contribution in [1.82, 2.24) is 4.98 Å². The van der Waals surface area contributed by atoms with E-state index in [1.807, 2.05) is 12.1 Å². The minimum absolute atomic E-state index is 0.526. The van der Waals surface area contributed by atoms with Crippen LogP contribution in [-0.2, 0) is 0 Å². The molecule has 3 nitrogen and oxygen atoms in total. The second-order valence-electron chi connectivity index (χ2n) is 4.49. The van der Waals surface area contributed by atoms with Crippen molar-refractivity contribution in [3.8, 4) is 0 Å². The number of aromatic nitrogens is 1. The van der Waals surface area contributed by atoms with Gasteiger partial charge in [-0.1, -0.05) is 37.6 Å². The molecule has 0 unspecified atom stereocenters. The van der Waals surface area contributed by atoms with Gasteiger partial charge in [-0.2, -0.15) is 0 Å². The lowest BCUT2D eigenvalue weighted by atomic mass is 10.0. The van der Waals surface area contributed by atoms with E-state index >= 15 is 0 Å². The fourth-order valence-electron chi connectivity index (χ4n) is 1.65. The number of benzene rings is 1. The molecule has 2 rings (SSSR count). The Morgan fingerprint density at radius 3 is 2.44 bits per heavy atom. The highest BCUT2D eigenvalue weighted by Gasteiger charge is 2.03. The van der Waals surface area contributed by atoms with Gasteiger partial charge in [0.2, 0.25) is 0 Å². The summed E-state index contributed by atoms with van der Waals surface area (Å²) >= 11 is 5.81. The van der Waals surface area contributed by atoms with E-state index in [0.717, 1.165) is 5.69 Å². The Balaban J connectivity index is 2.18. The molecule has 94 valence electrons. The second-order valence-corrected chi connectivity index (χ2v) is 4.93. The molecule has 0 atom stereocenters. The van der Waals surface area contributed by atoms with E-state index in [9.17, 15) is 0 Å². The van der Waals surface area contributed by atoms with E-state index in [4.69, 9.17) is 17.3 Å². The van der Waals surface area contributed by atoms with Crippen LogP contribution in [-0.4, -0.2) is 4.98 Å². The summed E-state index contributed by atoms with van der Waals surface area (Å²) in [6.07, 6.45) is 1.57. The quantitative estimate of drug-likeness (QED) is 0.871. The maximum absolute atomic E-state index is 5.84. The summed E-state index contributed by atoms with van der Waals surface area (Å²) < 4.78 is 0. The second kappa shape index (κ2) is 5.27. The van der Waals surface area contributed by atoms with E-state index in [-0.39, 0.29) is 0 Å². The first-order chi connectivity index (χ1) is 8.56. The number of rotatable bonds is 3. The van der Waals surface area contributed by atoms with Crippen LogP contribution in [0.1, 0.15) is 25.3 Å². The summed E-state index contributed by atoms with van der Waals surface area (Å²) in [5, 5.41) is 3.71. The summed E-state index contributed by atoms with van der Waals surface area (Å²) in [6.45, 7) is 4.34. The average Bonchev–Trinajstić information content (AvgIpc) is 2.33. The van der Waals surface area contributed by atoms with Gasteiger partial charge in [0.05, 0.1) is 10.7 Å². The first-order valence-corrected chi connectivity index (χ1v) is 6.22. The minimum atomic E-state index is 0.526. The first kappa shape index (κ1) is 12.7. The van der Waals surface area contributed by atoms with Crippen LogP contribution in [0.2, 0.25) is 5.02 Å². The molecule has 4 heteroatoms. The zero-order valence-electron chi connectivity index (χ0n) is 10.4. The molecule has 0 bridgehead atoms. The fourth-order valence-corrected chi connectivity index (χ4v) is 1.81. The lowest BCUT2D eigenvalue weighted by Crippen LogP contribution is -1.99. The largest absolute Gasteiger partial charge is 0.396 e. The Bertz CT molecular complexity index is 535. The number of nitrogens with two attached hydrogens (primary N) is 1. The molecule has 0 fully saturated rings. The summed E-state index contributed by atoms with van der Waals surface area (Å²) in [7, 11) is 0. The number of anilines is 3. The lowest BCUT2D eigenvalue weighted by Gasteiger charge is -2.10.